The van der Waals surface area contributed by atoms with Crippen molar-refractivity contribution in [2.75, 3.05) is 0 Å². The van der Waals surface area contributed by atoms with Crippen molar-refractivity contribution in [1.29, 1.82) is 0 Å². The molecule has 0 spiro atoms. The molecule has 0 amide bonds. The Balaban J connectivity index is 2.36. The fourth-order valence-corrected chi connectivity index (χ4v) is 4.45. The van der Waals surface area contributed by atoms with Crippen LogP contribution in [-0.2, 0) is 10.0 Å². The molecule has 108 valence electrons. The molecule has 3 rings (SSSR count). The third-order valence-corrected chi connectivity index (χ3v) is 5.92. The van der Waals surface area contributed by atoms with E-state index in [1.807, 2.05) is 6.07 Å². The summed E-state index contributed by atoms with van der Waals surface area (Å²) >= 11 is 3.41. The van der Waals surface area contributed by atoms with Crippen LogP contribution in [0.3, 0.4) is 0 Å². The molecule has 2 aromatic heterocycles. The topological polar surface area (TPSA) is 52.0 Å². The van der Waals surface area contributed by atoms with Crippen molar-refractivity contribution >= 4 is 36.9 Å². The number of aromatic nitrogens is 2. The minimum atomic E-state index is -3.64. The second-order valence-corrected chi connectivity index (χ2v) is 7.47. The van der Waals surface area contributed by atoms with E-state index in [4.69, 9.17) is 0 Å². The third kappa shape index (κ3) is 2.18. The molecule has 0 atom stereocenters. The van der Waals surface area contributed by atoms with Crippen molar-refractivity contribution in [2.24, 2.45) is 0 Å². The molecular weight excluding hydrogens is 352 g/mol. The smallest absolute Gasteiger partial charge is 0.258 e. The molecule has 0 saturated carbocycles. The van der Waals surface area contributed by atoms with Crippen LogP contribution < -0.4 is 0 Å². The minimum Gasteiger partial charge on any atom is -0.258 e. The van der Waals surface area contributed by atoms with E-state index in [1.165, 1.54) is 3.97 Å². The van der Waals surface area contributed by atoms with E-state index in [1.54, 1.807) is 50.5 Å². The highest BCUT2D eigenvalue weighted by atomic mass is 79.9. The molecule has 0 saturated heterocycles. The van der Waals surface area contributed by atoms with Crippen LogP contribution in [0.1, 0.15) is 11.3 Å². The molecule has 0 aliphatic heterocycles. The Labute approximate surface area is 131 Å². The molecule has 4 nitrogen and oxygen atoms in total. The molecule has 0 fully saturated rings. The second-order valence-electron chi connectivity index (χ2n) is 4.84. The van der Waals surface area contributed by atoms with E-state index in [-0.39, 0.29) is 0 Å². The first-order valence-corrected chi connectivity index (χ1v) is 8.59. The molecule has 6 heteroatoms. The van der Waals surface area contributed by atoms with Crippen LogP contribution in [0.25, 0.3) is 10.9 Å². The molecule has 0 N–H and O–H groups in total. The van der Waals surface area contributed by atoms with Gasteiger partial charge >= 0.3 is 0 Å². The van der Waals surface area contributed by atoms with Gasteiger partial charge < -0.3 is 0 Å². The lowest BCUT2D eigenvalue weighted by atomic mass is 10.2. The number of nitrogens with zero attached hydrogens (tertiary/aromatic N) is 2. The van der Waals surface area contributed by atoms with Crippen LogP contribution >= 0.6 is 15.9 Å². The highest BCUT2D eigenvalue weighted by Crippen LogP contribution is 2.29. The fraction of sp³-hybridized carbons (Fsp3) is 0.133. The zero-order valence-electron chi connectivity index (χ0n) is 11.5. The van der Waals surface area contributed by atoms with Gasteiger partial charge in [0.1, 0.15) is 0 Å². The van der Waals surface area contributed by atoms with Crippen LogP contribution in [0.4, 0.5) is 0 Å². The molecule has 0 aliphatic carbocycles. The summed E-state index contributed by atoms with van der Waals surface area (Å²) in [5, 5.41) is 0.833. The molecule has 0 radical (unpaired) electrons. The van der Waals surface area contributed by atoms with Crippen molar-refractivity contribution in [1.82, 2.24) is 8.96 Å². The van der Waals surface area contributed by atoms with E-state index in [0.717, 1.165) is 15.4 Å². The number of hydrogen-bond acceptors (Lipinski definition) is 3. The molecule has 2 heterocycles. The lowest BCUT2D eigenvalue weighted by Crippen LogP contribution is -2.13. The normalized spacial score (nSPS) is 12.0. The predicted molar refractivity (Wildman–Crippen MR) is 85.9 cm³/mol. The first-order chi connectivity index (χ1) is 9.93. The van der Waals surface area contributed by atoms with Crippen molar-refractivity contribution < 1.29 is 8.42 Å². The number of fused-ring (bicyclic) bond motifs is 1. The Morgan fingerprint density at radius 2 is 1.86 bits per heavy atom. The Morgan fingerprint density at radius 1 is 1.14 bits per heavy atom. The Hall–Kier alpha value is -1.66. The predicted octanol–water partition coefficient (Wildman–Crippen LogP) is 3.65. The van der Waals surface area contributed by atoms with Gasteiger partial charge in [0.15, 0.2) is 0 Å². The number of rotatable bonds is 2. The highest BCUT2D eigenvalue weighted by molar-refractivity contribution is 9.10. The summed E-state index contributed by atoms with van der Waals surface area (Å²) in [5.74, 6) is 0. The zero-order chi connectivity index (χ0) is 15.2. The van der Waals surface area contributed by atoms with E-state index >= 15 is 0 Å². The summed E-state index contributed by atoms with van der Waals surface area (Å²) in [5.41, 5.74) is 2.00. The van der Waals surface area contributed by atoms with Gasteiger partial charge in [-0.15, -0.1) is 0 Å². The average molecular weight is 365 g/mol. The third-order valence-electron chi connectivity index (χ3n) is 3.45. The monoisotopic (exact) mass is 364 g/mol. The molecule has 0 bridgehead atoms. The first-order valence-electron chi connectivity index (χ1n) is 6.36. The molecule has 3 aromatic rings. The Kier molecular flexibility index (Phi) is 3.37. The summed E-state index contributed by atoms with van der Waals surface area (Å²) in [4.78, 5) is 4.54. The SMILES string of the molecule is Cc1ccccc1S(=O)(=O)n1ccc2c(Br)cnc(C)c21. The molecule has 21 heavy (non-hydrogen) atoms. The quantitative estimate of drug-likeness (QED) is 0.697. The number of benzene rings is 1. The van der Waals surface area contributed by atoms with Gasteiger partial charge in [-0.25, -0.2) is 12.4 Å². The van der Waals surface area contributed by atoms with Gasteiger partial charge in [-0.1, -0.05) is 18.2 Å². The zero-order valence-corrected chi connectivity index (χ0v) is 13.9. The number of hydrogen-bond donors (Lipinski definition) is 0. The fourth-order valence-electron chi connectivity index (χ4n) is 2.40. The van der Waals surface area contributed by atoms with Gasteiger partial charge in [-0.2, -0.15) is 0 Å². The summed E-state index contributed by atoms with van der Waals surface area (Å²) in [6.45, 7) is 3.60. The molecule has 1 aromatic carbocycles. The highest BCUT2D eigenvalue weighted by Gasteiger charge is 2.22. The number of halogens is 1. The van der Waals surface area contributed by atoms with E-state index in [2.05, 4.69) is 20.9 Å². The van der Waals surface area contributed by atoms with Crippen molar-refractivity contribution in [3.63, 3.8) is 0 Å². The number of aryl methyl sites for hydroxylation is 2. The van der Waals surface area contributed by atoms with E-state index < -0.39 is 10.0 Å². The first kappa shape index (κ1) is 14.3. The maximum absolute atomic E-state index is 12.9. The molecular formula is C15H13BrN2O2S. The van der Waals surface area contributed by atoms with Gasteiger partial charge in [0, 0.05) is 22.3 Å². The van der Waals surface area contributed by atoms with Gasteiger partial charge in [0.05, 0.1) is 16.1 Å². The Morgan fingerprint density at radius 3 is 2.57 bits per heavy atom. The summed E-state index contributed by atoms with van der Waals surface area (Å²) < 4.78 is 27.9. The summed E-state index contributed by atoms with van der Waals surface area (Å²) in [6.07, 6.45) is 3.26. The van der Waals surface area contributed by atoms with E-state index in [9.17, 15) is 8.42 Å². The van der Waals surface area contributed by atoms with Crippen molar-refractivity contribution in [2.45, 2.75) is 18.7 Å². The molecule has 0 unspecified atom stereocenters. The average Bonchev–Trinajstić information content (AvgIpc) is 2.90. The van der Waals surface area contributed by atoms with Crippen LogP contribution in [0.15, 0.2) is 52.1 Å². The van der Waals surface area contributed by atoms with Crippen LogP contribution in [0.5, 0.6) is 0 Å². The maximum atomic E-state index is 12.9. The second kappa shape index (κ2) is 4.96. The maximum Gasteiger partial charge on any atom is 0.268 e. The van der Waals surface area contributed by atoms with E-state index in [0.29, 0.717) is 16.1 Å². The lowest BCUT2D eigenvalue weighted by molar-refractivity contribution is 0.588. The molecule has 0 aliphatic rings. The largest absolute Gasteiger partial charge is 0.268 e. The van der Waals surface area contributed by atoms with Gasteiger partial charge in [0.2, 0.25) is 0 Å². The standard InChI is InChI=1S/C15H13BrN2O2S/c1-10-5-3-4-6-14(10)21(19,20)18-8-7-12-13(16)9-17-11(2)15(12)18/h3-9H,1-2H3. The minimum absolute atomic E-state index is 0.307. The number of pyridine rings is 1. The summed E-state index contributed by atoms with van der Waals surface area (Å²) in [6, 6.07) is 8.75. The van der Waals surface area contributed by atoms with Crippen LogP contribution in [-0.4, -0.2) is 17.4 Å². The summed E-state index contributed by atoms with van der Waals surface area (Å²) in [7, 11) is -3.64. The van der Waals surface area contributed by atoms with Crippen LogP contribution in [0.2, 0.25) is 0 Å². The van der Waals surface area contributed by atoms with Gasteiger partial charge in [0.25, 0.3) is 10.0 Å². The van der Waals surface area contributed by atoms with Crippen LogP contribution in [0, 0.1) is 13.8 Å². The van der Waals surface area contributed by atoms with Gasteiger partial charge in [-0.3, -0.25) is 4.98 Å². The van der Waals surface area contributed by atoms with Gasteiger partial charge in [-0.05, 0) is 47.5 Å². The Bertz CT molecular complexity index is 945. The van der Waals surface area contributed by atoms with Crippen molar-refractivity contribution in [3.05, 3.63) is 58.5 Å². The lowest BCUT2D eigenvalue weighted by Gasteiger charge is -2.11. The van der Waals surface area contributed by atoms with Crippen molar-refractivity contribution in [3.8, 4) is 0 Å².